The van der Waals surface area contributed by atoms with Crippen molar-refractivity contribution in [3.63, 3.8) is 0 Å². The molecule has 1 aliphatic heterocycles. The zero-order chi connectivity index (χ0) is 13.7. The molecule has 0 saturated carbocycles. The van der Waals surface area contributed by atoms with Crippen LogP contribution in [0, 0.1) is 3.57 Å². The van der Waals surface area contributed by atoms with E-state index in [1.165, 1.54) is 29.5 Å². The number of halogens is 1. The van der Waals surface area contributed by atoms with E-state index < -0.39 is 0 Å². The van der Waals surface area contributed by atoms with Crippen molar-refractivity contribution >= 4 is 28.5 Å². The molecule has 0 atom stereocenters. The average molecular weight is 372 g/mol. The van der Waals surface area contributed by atoms with Crippen molar-refractivity contribution < 1.29 is 4.79 Å². The Labute approximate surface area is 129 Å². The highest BCUT2D eigenvalue weighted by Crippen LogP contribution is 2.09. The van der Waals surface area contributed by atoms with Gasteiger partial charge in [0.05, 0.1) is 6.42 Å². The van der Waals surface area contributed by atoms with Gasteiger partial charge in [0.25, 0.3) is 0 Å². The van der Waals surface area contributed by atoms with Gasteiger partial charge in [-0.05, 0) is 66.2 Å². The van der Waals surface area contributed by atoms with Crippen LogP contribution >= 0.6 is 22.6 Å². The molecular formula is C15H21IN2O. The topological polar surface area (TPSA) is 23.6 Å². The number of benzene rings is 1. The molecule has 0 aromatic heterocycles. The van der Waals surface area contributed by atoms with E-state index in [0.29, 0.717) is 6.42 Å². The molecule has 1 aliphatic rings. The van der Waals surface area contributed by atoms with Gasteiger partial charge in [0, 0.05) is 23.7 Å². The van der Waals surface area contributed by atoms with E-state index in [9.17, 15) is 4.79 Å². The summed E-state index contributed by atoms with van der Waals surface area (Å²) in [6.07, 6.45) is 3.12. The Balaban J connectivity index is 1.76. The van der Waals surface area contributed by atoms with Crippen molar-refractivity contribution in [2.45, 2.75) is 19.3 Å². The molecule has 1 amide bonds. The van der Waals surface area contributed by atoms with Crippen LogP contribution in [0.3, 0.4) is 0 Å². The molecule has 4 heteroatoms. The second-order valence-electron chi connectivity index (χ2n) is 5.17. The number of nitrogens with zero attached hydrogens (tertiary/aromatic N) is 2. The number of likely N-dealkylation sites (tertiary alicyclic amines) is 1. The average Bonchev–Trinajstić information content (AvgIpc) is 2.91. The van der Waals surface area contributed by atoms with Crippen molar-refractivity contribution in [1.82, 2.24) is 9.80 Å². The quantitative estimate of drug-likeness (QED) is 0.742. The second-order valence-corrected chi connectivity index (χ2v) is 6.41. The SMILES string of the molecule is CN(CCN1CCCC1)C(=O)Cc1ccc(I)cc1. The van der Waals surface area contributed by atoms with E-state index in [-0.39, 0.29) is 5.91 Å². The van der Waals surface area contributed by atoms with Crippen LogP contribution in [0.25, 0.3) is 0 Å². The minimum atomic E-state index is 0.209. The zero-order valence-corrected chi connectivity index (χ0v) is 13.6. The lowest BCUT2D eigenvalue weighted by Crippen LogP contribution is -2.35. The molecule has 0 aliphatic carbocycles. The zero-order valence-electron chi connectivity index (χ0n) is 11.4. The maximum Gasteiger partial charge on any atom is 0.226 e. The smallest absolute Gasteiger partial charge is 0.226 e. The first-order valence-electron chi connectivity index (χ1n) is 6.86. The van der Waals surface area contributed by atoms with Crippen molar-refractivity contribution in [3.05, 3.63) is 33.4 Å². The van der Waals surface area contributed by atoms with Gasteiger partial charge in [-0.1, -0.05) is 12.1 Å². The molecule has 1 heterocycles. The van der Waals surface area contributed by atoms with Gasteiger partial charge in [-0.2, -0.15) is 0 Å². The predicted molar refractivity (Wildman–Crippen MR) is 86.2 cm³/mol. The molecule has 19 heavy (non-hydrogen) atoms. The summed E-state index contributed by atoms with van der Waals surface area (Å²) in [6.45, 7) is 4.23. The highest BCUT2D eigenvalue weighted by Gasteiger charge is 2.14. The Kier molecular flexibility index (Phi) is 5.63. The fourth-order valence-electron chi connectivity index (χ4n) is 2.33. The largest absolute Gasteiger partial charge is 0.344 e. The third kappa shape index (κ3) is 4.76. The first kappa shape index (κ1) is 14.8. The molecule has 104 valence electrons. The number of hydrogen-bond donors (Lipinski definition) is 0. The standard InChI is InChI=1S/C15H21IN2O/c1-17(10-11-18-8-2-3-9-18)15(19)12-13-4-6-14(16)7-5-13/h4-7H,2-3,8-12H2,1H3. The molecule has 0 N–H and O–H groups in total. The van der Waals surface area contributed by atoms with E-state index in [1.807, 2.05) is 36.2 Å². The molecule has 1 saturated heterocycles. The van der Waals surface area contributed by atoms with Gasteiger partial charge >= 0.3 is 0 Å². The fourth-order valence-corrected chi connectivity index (χ4v) is 2.69. The van der Waals surface area contributed by atoms with Gasteiger partial charge in [0.15, 0.2) is 0 Å². The van der Waals surface area contributed by atoms with Gasteiger partial charge in [-0.15, -0.1) is 0 Å². The van der Waals surface area contributed by atoms with Gasteiger partial charge in [0.1, 0.15) is 0 Å². The van der Waals surface area contributed by atoms with E-state index in [4.69, 9.17) is 0 Å². The highest BCUT2D eigenvalue weighted by atomic mass is 127. The minimum Gasteiger partial charge on any atom is -0.344 e. The maximum atomic E-state index is 12.1. The van der Waals surface area contributed by atoms with E-state index in [0.717, 1.165) is 18.7 Å². The molecule has 3 nitrogen and oxygen atoms in total. The first-order valence-corrected chi connectivity index (χ1v) is 7.94. The molecule has 0 bridgehead atoms. The molecular weight excluding hydrogens is 351 g/mol. The lowest BCUT2D eigenvalue weighted by Gasteiger charge is -2.21. The summed E-state index contributed by atoms with van der Waals surface area (Å²) in [7, 11) is 1.91. The van der Waals surface area contributed by atoms with Crippen molar-refractivity contribution in [2.24, 2.45) is 0 Å². The highest BCUT2D eigenvalue weighted by molar-refractivity contribution is 14.1. The molecule has 0 spiro atoms. The van der Waals surface area contributed by atoms with Crippen LogP contribution in [0.4, 0.5) is 0 Å². The minimum absolute atomic E-state index is 0.209. The molecule has 1 aromatic carbocycles. The number of rotatable bonds is 5. The normalized spacial score (nSPS) is 15.7. The Bertz CT molecular complexity index is 413. The van der Waals surface area contributed by atoms with E-state index in [1.54, 1.807) is 0 Å². The third-order valence-electron chi connectivity index (χ3n) is 3.64. The molecule has 0 unspecified atom stereocenters. The maximum absolute atomic E-state index is 12.1. The molecule has 1 fully saturated rings. The van der Waals surface area contributed by atoms with E-state index >= 15 is 0 Å². The van der Waals surface area contributed by atoms with Crippen molar-refractivity contribution in [3.8, 4) is 0 Å². The number of hydrogen-bond acceptors (Lipinski definition) is 2. The summed E-state index contributed by atoms with van der Waals surface area (Å²) >= 11 is 2.28. The van der Waals surface area contributed by atoms with Crippen molar-refractivity contribution in [1.29, 1.82) is 0 Å². The summed E-state index contributed by atoms with van der Waals surface area (Å²) in [4.78, 5) is 16.4. The number of likely N-dealkylation sites (N-methyl/N-ethyl adjacent to an activating group) is 1. The summed E-state index contributed by atoms with van der Waals surface area (Å²) in [5.41, 5.74) is 1.10. The van der Waals surface area contributed by atoms with Crippen LogP contribution in [0.15, 0.2) is 24.3 Å². The lowest BCUT2D eigenvalue weighted by atomic mass is 10.1. The van der Waals surface area contributed by atoms with Crippen LogP contribution in [0.1, 0.15) is 18.4 Å². The summed E-state index contributed by atoms with van der Waals surface area (Å²) in [5, 5.41) is 0. The Hall–Kier alpha value is -0.620. The van der Waals surface area contributed by atoms with Gasteiger partial charge in [-0.25, -0.2) is 0 Å². The summed E-state index contributed by atoms with van der Waals surface area (Å²) < 4.78 is 1.20. The van der Waals surface area contributed by atoms with Crippen LogP contribution in [-0.2, 0) is 11.2 Å². The Morgan fingerprint density at radius 1 is 1.26 bits per heavy atom. The van der Waals surface area contributed by atoms with Gasteiger partial charge < -0.3 is 9.80 Å². The van der Waals surface area contributed by atoms with Crippen LogP contribution in [0.5, 0.6) is 0 Å². The van der Waals surface area contributed by atoms with Crippen LogP contribution in [-0.4, -0.2) is 48.9 Å². The van der Waals surface area contributed by atoms with Crippen LogP contribution in [0.2, 0.25) is 0 Å². The molecule has 0 radical (unpaired) electrons. The second kappa shape index (κ2) is 7.24. The molecule has 2 rings (SSSR count). The predicted octanol–water partition coefficient (Wildman–Crippen LogP) is 2.39. The Morgan fingerprint density at radius 3 is 2.53 bits per heavy atom. The summed E-state index contributed by atoms with van der Waals surface area (Å²) in [5.74, 6) is 0.209. The van der Waals surface area contributed by atoms with Crippen molar-refractivity contribution in [2.75, 3.05) is 33.2 Å². The fraction of sp³-hybridized carbons (Fsp3) is 0.533. The monoisotopic (exact) mass is 372 g/mol. The Morgan fingerprint density at radius 2 is 1.89 bits per heavy atom. The number of carbonyl (C=O) groups excluding carboxylic acids is 1. The van der Waals surface area contributed by atoms with E-state index in [2.05, 4.69) is 27.5 Å². The first-order chi connectivity index (χ1) is 9.15. The lowest BCUT2D eigenvalue weighted by molar-refractivity contribution is -0.129. The van der Waals surface area contributed by atoms with Gasteiger partial charge in [-0.3, -0.25) is 4.79 Å². The summed E-state index contributed by atoms with van der Waals surface area (Å²) in [6, 6.07) is 8.17. The van der Waals surface area contributed by atoms with Gasteiger partial charge in [0.2, 0.25) is 5.91 Å². The van der Waals surface area contributed by atoms with Crippen LogP contribution < -0.4 is 0 Å². The number of amides is 1. The number of carbonyl (C=O) groups is 1. The third-order valence-corrected chi connectivity index (χ3v) is 4.36. The molecule has 1 aromatic rings.